The molecular weight excluding hydrogens is 348 g/mol. The standard InChI is InChI=1S/C19H22N4O4/c20-17(24)14-5-6-16(27-14)19(25)23-11-7-13(12-23)26-15-4-3-8-21-18(15)22-9-1-2-10-22/h3-6,8,13H,1-2,7,9-12H2,(H2,20,24)/t13-/m1/s1. The van der Waals surface area contributed by atoms with Crippen molar-refractivity contribution in [2.45, 2.75) is 25.4 Å². The number of aromatic nitrogens is 1. The second kappa shape index (κ2) is 7.30. The zero-order valence-corrected chi connectivity index (χ0v) is 15.0. The molecule has 0 bridgehead atoms. The Morgan fingerprint density at radius 3 is 2.67 bits per heavy atom. The maximum atomic E-state index is 12.6. The highest BCUT2D eigenvalue weighted by Gasteiger charge is 2.31. The van der Waals surface area contributed by atoms with Crippen LogP contribution in [0.25, 0.3) is 0 Å². The van der Waals surface area contributed by atoms with Gasteiger partial charge in [-0.2, -0.15) is 0 Å². The quantitative estimate of drug-likeness (QED) is 0.859. The fraction of sp³-hybridized carbons (Fsp3) is 0.421. The molecular formula is C19H22N4O4. The average Bonchev–Trinajstić information content (AvgIpc) is 3.42. The summed E-state index contributed by atoms with van der Waals surface area (Å²) in [4.78, 5) is 32.1. The van der Waals surface area contributed by atoms with Crippen LogP contribution in [0.1, 0.15) is 40.4 Å². The number of pyridine rings is 1. The smallest absolute Gasteiger partial charge is 0.289 e. The van der Waals surface area contributed by atoms with Crippen LogP contribution in [0.4, 0.5) is 5.82 Å². The van der Waals surface area contributed by atoms with Gasteiger partial charge >= 0.3 is 0 Å². The van der Waals surface area contributed by atoms with E-state index >= 15 is 0 Å². The van der Waals surface area contributed by atoms with Crippen molar-refractivity contribution >= 4 is 17.6 Å². The molecule has 2 aromatic heterocycles. The van der Waals surface area contributed by atoms with E-state index in [4.69, 9.17) is 14.9 Å². The van der Waals surface area contributed by atoms with Crippen LogP contribution in [0.15, 0.2) is 34.9 Å². The molecule has 2 N–H and O–H groups in total. The van der Waals surface area contributed by atoms with E-state index in [9.17, 15) is 9.59 Å². The fourth-order valence-corrected chi connectivity index (χ4v) is 3.57. The number of nitrogens with two attached hydrogens (primary N) is 1. The lowest BCUT2D eigenvalue weighted by molar-refractivity contribution is 0.0738. The zero-order chi connectivity index (χ0) is 18.8. The fourth-order valence-electron chi connectivity index (χ4n) is 3.57. The molecule has 2 amide bonds. The van der Waals surface area contributed by atoms with Crippen molar-refractivity contribution in [3.8, 4) is 5.75 Å². The van der Waals surface area contributed by atoms with Gasteiger partial charge in [0.05, 0.1) is 6.54 Å². The number of ether oxygens (including phenoxy) is 1. The monoisotopic (exact) mass is 370 g/mol. The molecule has 2 saturated heterocycles. The summed E-state index contributed by atoms with van der Waals surface area (Å²) in [5.41, 5.74) is 5.17. The number of nitrogens with zero attached hydrogens (tertiary/aromatic N) is 3. The lowest BCUT2D eigenvalue weighted by Gasteiger charge is -2.22. The largest absolute Gasteiger partial charge is 0.485 e. The molecule has 4 rings (SSSR count). The Balaban J connectivity index is 1.41. The third kappa shape index (κ3) is 3.60. The second-order valence-corrected chi connectivity index (χ2v) is 6.83. The third-order valence-electron chi connectivity index (χ3n) is 4.94. The number of anilines is 1. The number of rotatable bonds is 5. The predicted octanol–water partition coefficient (Wildman–Crippen LogP) is 1.67. The Labute approximate surface area is 156 Å². The lowest BCUT2D eigenvalue weighted by atomic mass is 10.3. The van der Waals surface area contributed by atoms with Gasteiger partial charge in [0, 0.05) is 32.3 Å². The highest BCUT2D eigenvalue weighted by atomic mass is 16.5. The van der Waals surface area contributed by atoms with Crippen LogP contribution in [-0.2, 0) is 0 Å². The summed E-state index contributed by atoms with van der Waals surface area (Å²) < 4.78 is 11.4. The van der Waals surface area contributed by atoms with E-state index in [1.807, 2.05) is 12.1 Å². The summed E-state index contributed by atoms with van der Waals surface area (Å²) in [7, 11) is 0. The number of furan rings is 1. The molecule has 8 heteroatoms. The lowest BCUT2D eigenvalue weighted by Crippen LogP contribution is -2.31. The third-order valence-corrected chi connectivity index (χ3v) is 4.94. The minimum absolute atomic E-state index is 0.0176. The van der Waals surface area contributed by atoms with Gasteiger partial charge in [-0.25, -0.2) is 4.98 Å². The van der Waals surface area contributed by atoms with Crippen LogP contribution in [0, 0.1) is 0 Å². The molecule has 4 heterocycles. The van der Waals surface area contributed by atoms with E-state index in [-0.39, 0.29) is 23.5 Å². The first-order valence-electron chi connectivity index (χ1n) is 9.17. The van der Waals surface area contributed by atoms with Gasteiger partial charge in [0.15, 0.2) is 23.1 Å². The van der Waals surface area contributed by atoms with Crippen molar-refractivity contribution < 1.29 is 18.7 Å². The van der Waals surface area contributed by atoms with Gasteiger partial charge in [-0.3, -0.25) is 9.59 Å². The first-order valence-corrected chi connectivity index (χ1v) is 9.17. The van der Waals surface area contributed by atoms with Crippen molar-refractivity contribution in [1.82, 2.24) is 9.88 Å². The van der Waals surface area contributed by atoms with E-state index < -0.39 is 5.91 Å². The molecule has 27 heavy (non-hydrogen) atoms. The minimum atomic E-state index is -0.692. The van der Waals surface area contributed by atoms with Crippen LogP contribution in [0.3, 0.4) is 0 Å². The number of carbonyl (C=O) groups excluding carboxylic acids is 2. The maximum absolute atomic E-state index is 12.6. The molecule has 0 aromatic carbocycles. The first-order chi connectivity index (χ1) is 13.1. The van der Waals surface area contributed by atoms with Crippen molar-refractivity contribution in [1.29, 1.82) is 0 Å². The van der Waals surface area contributed by atoms with Crippen LogP contribution < -0.4 is 15.4 Å². The van der Waals surface area contributed by atoms with E-state index in [1.165, 1.54) is 12.1 Å². The van der Waals surface area contributed by atoms with Crippen molar-refractivity contribution in [3.63, 3.8) is 0 Å². The van der Waals surface area contributed by atoms with Gasteiger partial charge in [0.1, 0.15) is 6.10 Å². The molecule has 142 valence electrons. The van der Waals surface area contributed by atoms with Crippen molar-refractivity contribution in [2.75, 3.05) is 31.1 Å². The minimum Gasteiger partial charge on any atom is -0.485 e. The molecule has 2 aromatic rings. The number of likely N-dealkylation sites (tertiary alicyclic amines) is 1. The van der Waals surface area contributed by atoms with Crippen molar-refractivity contribution in [2.24, 2.45) is 5.73 Å². The Hall–Kier alpha value is -3.03. The number of carbonyl (C=O) groups is 2. The molecule has 2 fully saturated rings. The van der Waals surface area contributed by atoms with Gasteiger partial charge in [-0.05, 0) is 37.1 Å². The number of amides is 2. The van der Waals surface area contributed by atoms with Gasteiger partial charge in [0.2, 0.25) is 0 Å². The molecule has 0 spiro atoms. The average molecular weight is 370 g/mol. The topological polar surface area (TPSA) is 102 Å². The Bertz CT molecular complexity index is 844. The molecule has 8 nitrogen and oxygen atoms in total. The predicted molar refractivity (Wildman–Crippen MR) is 97.8 cm³/mol. The van der Waals surface area contributed by atoms with E-state index in [0.717, 1.165) is 43.9 Å². The zero-order valence-electron chi connectivity index (χ0n) is 15.0. The summed E-state index contributed by atoms with van der Waals surface area (Å²) in [6, 6.07) is 6.68. The van der Waals surface area contributed by atoms with E-state index in [0.29, 0.717) is 13.1 Å². The summed E-state index contributed by atoms with van der Waals surface area (Å²) >= 11 is 0. The summed E-state index contributed by atoms with van der Waals surface area (Å²) in [6.45, 7) is 3.00. The molecule has 0 radical (unpaired) electrons. The van der Waals surface area contributed by atoms with Gasteiger partial charge in [0.25, 0.3) is 11.8 Å². The number of hydrogen-bond donors (Lipinski definition) is 1. The van der Waals surface area contributed by atoms with Gasteiger partial charge < -0.3 is 24.7 Å². The summed E-state index contributed by atoms with van der Waals surface area (Å²) in [6.07, 6.45) is 4.72. The normalized spacial score (nSPS) is 19.5. The Kier molecular flexibility index (Phi) is 4.70. The number of primary amides is 1. The molecule has 0 aliphatic carbocycles. The SMILES string of the molecule is NC(=O)c1ccc(C(=O)N2CC[C@@H](Oc3cccnc3N3CCCC3)C2)o1. The van der Waals surface area contributed by atoms with Crippen LogP contribution >= 0.6 is 0 Å². The van der Waals surface area contributed by atoms with Gasteiger partial charge in [-0.1, -0.05) is 0 Å². The number of hydrogen-bond acceptors (Lipinski definition) is 6. The summed E-state index contributed by atoms with van der Waals surface area (Å²) in [5, 5.41) is 0. The molecule has 2 aliphatic rings. The van der Waals surface area contributed by atoms with Crippen LogP contribution in [0.5, 0.6) is 5.75 Å². The maximum Gasteiger partial charge on any atom is 0.289 e. The van der Waals surface area contributed by atoms with Gasteiger partial charge in [-0.15, -0.1) is 0 Å². The molecule has 0 unspecified atom stereocenters. The second-order valence-electron chi connectivity index (χ2n) is 6.83. The Morgan fingerprint density at radius 2 is 1.93 bits per heavy atom. The van der Waals surface area contributed by atoms with E-state index in [1.54, 1.807) is 11.1 Å². The summed E-state index contributed by atoms with van der Waals surface area (Å²) in [5.74, 6) is 0.770. The highest BCUT2D eigenvalue weighted by Crippen LogP contribution is 2.30. The van der Waals surface area contributed by atoms with Crippen LogP contribution in [0.2, 0.25) is 0 Å². The van der Waals surface area contributed by atoms with Crippen LogP contribution in [-0.4, -0.2) is 54.0 Å². The Morgan fingerprint density at radius 1 is 1.15 bits per heavy atom. The first kappa shape index (κ1) is 17.4. The highest BCUT2D eigenvalue weighted by molar-refractivity contribution is 5.95. The molecule has 0 saturated carbocycles. The van der Waals surface area contributed by atoms with E-state index in [2.05, 4.69) is 9.88 Å². The molecule has 1 atom stereocenters. The van der Waals surface area contributed by atoms with Crippen molar-refractivity contribution in [3.05, 3.63) is 42.0 Å². The molecule has 2 aliphatic heterocycles.